The zero-order chi connectivity index (χ0) is 14.2. The number of anilines is 1. The fourth-order valence-electron chi connectivity index (χ4n) is 2.76. The number of benzene rings is 1. The molecule has 0 fully saturated rings. The van der Waals surface area contributed by atoms with Gasteiger partial charge in [-0.1, -0.05) is 23.8 Å². The molecular weight excluding hydrogens is 260 g/mol. The molecule has 0 saturated carbocycles. The molecule has 21 heavy (non-hydrogen) atoms. The molecule has 0 spiro atoms. The second kappa shape index (κ2) is 4.74. The van der Waals surface area contributed by atoms with E-state index >= 15 is 0 Å². The third-order valence-corrected chi connectivity index (χ3v) is 3.84. The number of aryl methyl sites for hydroxylation is 1. The van der Waals surface area contributed by atoms with Gasteiger partial charge in [-0.3, -0.25) is 4.98 Å². The molecule has 3 heterocycles. The van der Waals surface area contributed by atoms with Gasteiger partial charge in [0.15, 0.2) is 0 Å². The minimum atomic E-state index is 0.934. The molecule has 3 aromatic rings. The molecule has 0 atom stereocenters. The highest BCUT2D eigenvalue weighted by Crippen LogP contribution is 2.33. The van der Waals surface area contributed by atoms with Gasteiger partial charge in [0.05, 0.1) is 11.4 Å². The van der Waals surface area contributed by atoms with Gasteiger partial charge in [0.2, 0.25) is 0 Å². The zero-order valence-corrected chi connectivity index (χ0v) is 11.9. The standard InChI is InChI=1S/C17H16N4/c1-12-5-7-13(8-6-12)21-17-14(9-11-19-17)16(20-21)15-4-2-3-10-18-15/h2-8,10,19H,9,11H2,1H3. The van der Waals surface area contributed by atoms with Crippen molar-refractivity contribution >= 4 is 5.82 Å². The van der Waals surface area contributed by atoms with Gasteiger partial charge >= 0.3 is 0 Å². The van der Waals surface area contributed by atoms with Crippen molar-refractivity contribution in [3.05, 3.63) is 59.8 Å². The second-order valence-electron chi connectivity index (χ2n) is 5.31. The van der Waals surface area contributed by atoms with Crippen LogP contribution in [0.25, 0.3) is 17.1 Å². The minimum Gasteiger partial charge on any atom is -0.369 e. The molecule has 0 unspecified atom stereocenters. The van der Waals surface area contributed by atoms with Gasteiger partial charge in [-0.2, -0.15) is 5.10 Å². The monoisotopic (exact) mass is 276 g/mol. The van der Waals surface area contributed by atoms with E-state index in [-0.39, 0.29) is 0 Å². The highest BCUT2D eigenvalue weighted by Gasteiger charge is 2.24. The normalized spacial score (nSPS) is 13.0. The lowest BCUT2D eigenvalue weighted by Crippen LogP contribution is -2.04. The molecule has 0 saturated heterocycles. The maximum Gasteiger partial charge on any atom is 0.133 e. The first kappa shape index (κ1) is 12.1. The Morgan fingerprint density at radius 2 is 1.95 bits per heavy atom. The lowest BCUT2D eigenvalue weighted by Gasteiger charge is -2.06. The van der Waals surface area contributed by atoms with E-state index in [1.54, 1.807) is 0 Å². The number of hydrogen-bond donors (Lipinski definition) is 1. The summed E-state index contributed by atoms with van der Waals surface area (Å²) in [4.78, 5) is 4.44. The van der Waals surface area contributed by atoms with E-state index in [9.17, 15) is 0 Å². The first-order valence-corrected chi connectivity index (χ1v) is 7.17. The van der Waals surface area contributed by atoms with Crippen molar-refractivity contribution in [2.75, 3.05) is 11.9 Å². The van der Waals surface area contributed by atoms with Crippen molar-refractivity contribution in [1.29, 1.82) is 0 Å². The topological polar surface area (TPSA) is 42.7 Å². The third kappa shape index (κ3) is 2.00. The Labute approximate surface area is 123 Å². The number of hydrogen-bond acceptors (Lipinski definition) is 3. The molecule has 4 nitrogen and oxygen atoms in total. The number of rotatable bonds is 2. The number of nitrogens with zero attached hydrogens (tertiary/aromatic N) is 3. The lowest BCUT2D eigenvalue weighted by atomic mass is 10.1. The lowest BCUT2D eigenvalue weighted by molar-refractivity contribution is 0.879. The fraction of sp³-hybridized carbons (Fsp3) is 0.176. The van der Waals surface area contributed by atoms with Gasteiger partial charge in [0.25, 0.3) is 0 Å². The zero-order valence-electron chi connectivity index (χ0n) is 11.9. The molecule has 2 aromatic heterocycles. The summed E-state index contributed by atoms with van der Waals surface area (Å²) in [6.07, 6.45) is 2.81. The van der Waals surface area contributed by atoms with Gasteiger partial charge in [-0.25, -0.2) is 4.68 Å². The van der Waals surface area contributed by atoms with Crippen LogP contribution in [0.4, 0.5) is 5.82 Å². The molecule has 0 aliphatic carbocycles. The summed E-state index contributed by atoms with van der Waals surface area (Å²) >= 11 is 0. The van der Waals surface area contributed by atoms with Crippen molar-refractivity contribution < 1.29 is 0 Å². The Hall–Kier alpha value is -2.62. The maximum atomic E-state index is 4.79. The van der Waals surface area contributed by atoms with Gasteiger partial charge < -0.3 is 5.32 Å². The predicted octanol–water partition coefficient (Wildman–Crippen LogP) is 3.21. The van der Waals surface area contributed by atoms with Crippen LogP contribution in [-0.4, -0.2) is 21.3 Å². The Kier molecular flexibility index (Phi) is 2.74. The molecule has 0 radical (unpaired) electrons. The first-order valence-electron chi connectivity index (χ1n) is 7.17. The summed E-state index contributed by atoms with van der Waals surface area (Å²) in [6, 6.07) is 14.4. The van der Waals surface area contributed by atoms with E-state index in [2.05, 4.69) is 41.5 Å². The number of nitrogens with one attached hydrogen (secondary N) is 1. The van der Waals surface area contributed by atoms with Crippen LogP contribution in [0.3, 0.4) is 0 Å². The average Bonchev–Trinajstić information content (AvgIpc) is 3.11. The van der Waals surface area contributed by atoms with Gasteiger partial charge in [0.1, 0.15) is 11.5 Å². The summed E-state index contributed by atoms with van der Waals surface area (Å²) in [5.74, 6) is 1.10. The van der Waals surface area contributed by atoms with E-state index in [0.29, 0.717) is 0 Å². The minimum absolute atomic E-state index is 0.934. The molecule has 0 bridgehead atoms. The highest BCUT2D eigenvalue weighted by atomic mass is 15.3. The number of pyridine rings is 1. The molecule has 1 N–H and O–H groups in total. The molecule has 104 valence electrons. The number of aromatic nitrogens is 3. The van der Waals surface area contributed by atoms with Crippen LogP contribution in [0, 0.1) is 6.92 Å². The van der Waals surface area contributed by atoms with Crippen LogP contribution >= 0.6 is 0 Å². The molecule has 1 aromatic carbocycles. The first-order chi connectivity index (χ1) is 10.3. The predicted molar refractivity (Wildman–Crippen MR) is 83.7 cm³/mol. The van der Waals surface area contributed by atoms with Gasteiger partial charge in [-0.15, -0.1) is 0 Å². The van der Waals surface area contributed by atoms with Crippen molar-refractivity contribution in [2.24, 2.45) is 0 Å². The molecule has 4 rings (SSSR count). The van der Waals surface area contributed by atoms with Crippen LogP contribution in [0.15, 0.2) is 48.7 Å². The van der Waals surface area contributed by atoms with Crippen molar-refractivity contribution in [1.82, 2.24) is 14.8 Å². The molecule has 0 amide bonds. The van der Waals surface area contributed by atoms with Crippen LogP contribution in [0.1, 0.15) is 11.1 Å². The Morgan fingerprint density at radius 1 is 1.10 bits per heavy atom. The van der Waals surface area contributed by atoms with E-state index < -0.39 is 0 Å². The molecule has 4 heteroatoms. The summed E-state index contributed by atoms with van der Waals surface area (Å²) in [5.41, 5.74) is 5.50. The summed E-state index contributed by atoms with van der Waals surface area (Å²) in [5, 5.41) is 8.24. The van der Waals surface area contributed by atoms with Crippen LogP contribution in [0.2, 0.25) is 0 Å². The Bertz CT molecular complexity index is 773. The van der Waals surface area contributed by atoms with E-state index in [0.717, 1.165) is 35.9 Å². The fourth-order valence-corrected chi connectivity index (χ4v) is 2.76. The Morgan fingerprint density at radius 3 is 2.71 bits per heavy atom. The highest BCUT2D eigenvalue weighted by molar-refractivity contribution is 5.70. The molecule has 1 aliphatic heterocycles. The quantitative estimate of drug-likeness (QED) is 0.781. The van der Waals surface area contributed by atoms with E-state index in [4.69, 9.17) is 5.10 Å². The number of fused-ring (bicyclic) bond motifs is 1. The second-order valence-corrected chi connectivity index (χ2v) is 5.31. The van der Waals surface area contributed by atoms with Crippen LogP contribution < -0.4 is 5.32 Å². The third-order valence-electron chi connectivity index (χ3n) is 3.84. The molecule has 1 aliphatic rings. The average molecular weight is 276 g/mol. The SMILES string of the molecule is Cc1ccc(-n2nc(-c3ccccn3)c3c2NCC3)cc1. The summed E-state index contributed by atoms with van der Waals surface area (Å²) < 4.78 is 1.99. The van der Waals surface area contributed by atoms with Gasteiger partial charge in [-0.05, 0) is 37.6 Å². The van der Waals surface area contributed by atoms with Gasteiger partial charge in [0, 0.05) is 18.3 Å². The smallest absolute Gasteiger partial charge is 0.133 e. The Balaban J connectivity index is 1.88. The maximum absolute atomic E-state index is 4.79. The largest absolute Gasteiger partial charge is 0.369 e. The van der Waals surface area contributed by atoms with E-state index in [1.807, 2.05) is 29.1 Å². The summed E-state index contributed by atoms with van der Waals surface area (Å²) in [6.45, 7) is 3.05. The van der Waals surface area contributed by atoms with Crippen molar-refractivity contribution in [3.8, 4) is 17.1 Å². The summed E-state index contributed by atoms with van der Waals surface area (Å²) in [7, 11) is 0. The van der Waals surface area contributed by atoms with E-state index in [1.165, 1.54) is 11.1 Å². The molecular formula is C17H16N4. The van der Waals surface area contributed by atoms with Crippen molar-refractivity contribution in [2.45, 2.75) is 13.3 Å². The van der Waals surface area contributed by atoms with Crippen molar-refractivity contribution in [3.63, 3.8) is 0 Å². The van der Waals surface area contributed by atoms with Crippen LogP contribution in [0.5, 0.6) is 0 Å². The van der Waals surface area contributed by atoms with Crippen LogP contribution in [-0.2, 0) is 6.42 Å².